The first-order valence-electron chi connectivity index (χ1n) is 15.3. The molecule has 41 heavy (non-hydrogen) atoms. The van der Waals surface area contributed by atoms with Gasteiger partial charge in [0.05, 0.1) is 25.0 Å². The third-order valence-electron chi connectivity index (χ3n) is 8.86. The fraction of sp³-hybridized carbons (Fsp3) is 0.688. The topological polar surface area (TPSA) is 113 Å². The Balaban J connectivity index is 1.24. The van der Waals surface area contributed by atoms with Crippen LogP contribution in [0.3, 0.4) is 0 Å². The maximum atomic E-state index is 14.0. The van der Waals surface area contributed by atoms with Crippen LogP contribution in [0.1, 0.15) is 76.3 Å². The molecule has 0 radical (unpaired) electrons. The molecule has 2 saturated carbocycles. The second-order valence-electron chi connectivity index (χ2n) is 13.1. The molecular formula is C32H46N4O5. The zero-order valence-electron chi connectivity index (χ0n) is 25.0. The molecule has 3 fully saturated rings. The Hall–Kier alpha value is -2.78. The van der Waals surface area contributed by atoms with Gasteiger partial charge in [-0.25, -0.2) is 0 Å². The standard InChI is InChI=1S/C32H46N4O5/c1-32(2,3)25(9-6-10-26(35-33-4)20-11-12-20)31(39)36-19-22(37)17-28(36)30(38)34-27-18-24(27)23-8-5-7-21-13-14-40-15-16-41-29(21)23/h5,7-8,10,20,22,24-25,27-28,37H,6,9,11-19H2,1-4H3,(H,34,38)/b26-10-,35-33-/t22-,24+,25-,27-,28+/m1/s1. The number of likely N-dealkylation sites (tertiary alicyclic amines) is 1. The summed E-state index contributed by atoms with van der Waals surface area (Å²) in [5.74, 6) is 1.09. The van der Waals surface area contributed by atoms with Crippen LogP contribution >= 0.6 is 0 Å². The van der Waals surface area contributed by atoms with Gasteiger partial charge in [0.15, 0.2) is 0 Å². The normalized spacial score (nSPS) is 27.5. The Bertz CT molecular complexity index is 1170. The summed E-state index contributed by atoms with van der Waals surface area (Å²) in [5.41, 5.74) is 3.00. The Morgan fingerprint density at radius 1 is 1.20 bits per heavy atom. The quantitative estimate of drug-likeness (QED) is 0.431. The number of hydrogen-bond acceptors (Lipinski definition) is 7. The molecule has 2 N–H and O–H groups in total. The minimum atomic E-state index is -0.707. The number of azo groups is 1. The lowest BCUT2D eigenvalue weighted by Gasteiger charge is -2.35. The van der Waals surface area contributed by atoms with Gasteiger partial charge in [-0.1, -0.05) is 45.0 Å². The summed E-state index contributed by atoms with van der Waals surface area (Å²) in [4.78, 5) is 29.1. The van der Waals surface area contributed by atoms with Crippen molar-refractivity contribution < 1.29 is 24.2 Å². The summed E-state index contributed by atoms with van der Waals surface area (Å²) in [6.07, 6.45) is 6.99. The lowest BCUT2D eigenvalue weighted by molar-refractivity contribution is -0.144. The number of para-hydroxylation sites is 1. The van der Waals surface area contributed by atoms with Gasteiger partial charge in [0.2, 0.25) is 11.8 Å². The van der Waals surface area contributed by atoms with Gasteiger partial charge in [-0.05, 0) is 55.1 Å². The van der Waals surface area contributed by atoms with Gasteiger partial charge >= 0.3 is 0 Å². The minimum Gasteiger partial charge on any atom is -0.491 e. The van der Waals surface area contributed by atoms with Crippen LogP contribution in [0.15, 0.2) is 40.2 Å². The zero-order chi connectivity index (χ0) is 29.1. The van der Waals surface area contributed by atoms with E-state index in [2.05, 4.69) is 54.5 Å². The monoisotopic (exact) mass is 566 g/mol. The fourth-order valence-corrected chi connectivity index (χ4v) is 6.35. The molecule has 0 spiro atoms. The summed E-state index contributed by atoms with van der Waals surface area (Å²) in [5, 5.41) is 22.0. The average molecular weight is 567 g/mol. The number of nitrogens with one attached hydrogen (secondary N) is 1. The summed E-state index contributed by atoms with van der Waals surface area (Å²) in [7, 11) is 1.69. The van der Waals surface area contributed by atoms with Gasteiger partial charge in [-0.3, -0.25) is 9.59 Å². The van der Waals surface area contributed by atoms with Crippen molar-refractivity contribution in [3.63, 3.8) is 0 Å². The van der Waals surface area contributed by atoms with E-state index in [1.54, 1.807) is 11.9 Å². The number of aliphatic hydroxyl groups is 1. The number of aliphatic hydroxyl groups excluding tert-OH is 1. The first-order chi connectivity index (χ1) is 19.7. The fourth-order valence-electron chi connectivity index (χ4n) is 6.35. The molecule has 1 saturated heterocycles. The van der Waals surface area contributed by atoms with Crippen LogP contribution in [-0.2, 0) is 20.7 Å². The highest BCUT2D eigenvalue weighted by molar-refractivity contribution is 5.90. The van der Waals surface area contributed by atoms with Crippen molar-refractivity contribution in [2.24, 2.45) is 27.5 Å². The van der Waals surface area contributed by atoms with Crippen LogP contribution in [0.5, 0.6) is 5.75 Å². The predicted octanol–water partition coefficient (Wildman–Crippen LogP) is 4.39. The van der Waals surface area contributed by atoms with E-state index in [0.717, 1.165) is 54.7 Å². The molecule has 2 amide bonds. The van der Waals surface area contributed by atoms with Crippen LogP contribution < -0.4 is 10.1 Å². The number of ether oxygens (including phenoxy) is 2. The molecule has 224 valence electrons. The number of nitrogens with zero attached hydrogens (tertiary/aromatic N) is 3. The first kappa shape index (κ1) is 29.7. The van der Waals surface area contributed by atoms with E-state index in [-0.39, 0.29) is 48.1 Å². The predicted molar refractivity (Wildman–Crippen MR) is 156 cm³/mol. The minimum absolute atomic E-state index is 0.00823. The Morgan fingerprint density at radius 3 is 2.73 bits per heavy atom. The molecule has 2 heterocycles. The summed E-state index contributed by atoms with van der Waals surface area (Å²) < 4.78 is 11.6. The highest BCUT2D eigenvalue weighted by Gasteiger charge is 2.47. The SMILES string of the molecule is C/N=N\C(=C/CC[C@H](C(=O)N1C[C@H](O)C[C@H]1C(=O)N[C@@H]1C[C@H]1c1cccc2c1OCCOCC2)C(C)(C)C)C1CC1. The molecular weight excluding hydrogens is 520 g/mol. The molecule has 9 heteroatoms. The summed E-state index contributed by atoms with van der Waals surface area (Å²) in [6.45, 7) is 8.17. The summed E-state index contributed by atoms with van der Waals surface area (Å²) in [6, 6.07) is 5.54. The number of amides is 2. The second-order valence-corrected chi connectivity index (χ2v) is 13.1. The Labute approximate surface area is 243 Å². The molecule has 2 aliphatic carbocycles. The largest absolute Gasteiger partial charge is 0.491 e. The highest BCUT2D eigenvalue weighted by atomic mass is 16.5. The van der Waals surface area contributed by atoms with Crippen molar-refractivity contribution in [2.45, 2.75) is 89.8 Å². The maximum Gasteiger partial charge on any atom is 0.243 e. The number of carbonyl (C=O) groups excluding carboxylic acids is 2. The van der Waals surface area contributed by atoms with Crippen molar-refractivity contribution in [1.82, 2.24) is 10.2 Å². The molecule has 4 aliphatic rings. The molecule has 0 bridgehead atoms. The molecule has 1 aromatic rings. The van der Waals surface area contributed by atoms with E-state index in [4.69, 9.17) is 9.47 Å². The van der Waals surface area contributed by atoms with Crippen LogP contribution in [0.2, 0.25) is 0 Å². The van der Waals surface area contributed by atoms with Crippen molar-refractivity contribution in [3.05, 3.63) is 41.1 Å². The van der Waals surface area contributed by atoms with Gasteiger partial charge in [0.1, 0.15) is 18.4 Å². The highest BCUT2D eigenvalue weighted by Crippen LogP contribution is 2.46. The Morgan fingerprint density at radius 2 is 2.00 bits per heavy atom. The summed E-state index contributed by atoms with van der Waals surface area (Å²) >= 11 is 0. The van der Waals surface area contributed by atoms with E-state index < -0.39 is 12.1 Å². The van der Waals surface area contributed by atoms with Crippen molar-refractivity contribution in [3.8, 4) is 5.75 Å². The first-order valence-corrected chi connectivity index (χ1v) is 15.3. The number of carbonyl (C=O) groups is 2. The van der Waals surface area contributed by atoms with Crippen LogP contribution in [0.4, 0.5) is 0 Å². The second kappa shape index (κ2) is 12.6. The van der Waals surface area contributed by atoms with Gasteiger partial charge in [0, 0.05) is 43.8 Å². The molecule has 0 unspecified atom stereocenters. The van der Waals surface area contributed by atoms with Gasteiger partial charge in [0.25, 0.3) is 0 Å². The number of fused-ring (bicyclic) bond motifs is 1. The van der Waals surface area contributed by atoms with E-state index in [9.17, 15) is 14.7 Å². The smallest absolute Gasteiger partial charge is 0.243 e. The van der Waals surface area contributed by atoms with E-state index in [1.165, 1.54) is 0 Å². The number of benzene rings is 1. The van der Waals surface area contributed by atoms with E-state index in [0.29, 0.717) is 32.2 Å². The van der Waals surface area contributed by atoms with Crippen molar-refractivity contribution >= 4 is 11.8 Å². The molecule has 2 aliphatic heterocycles. The number of rotatable bonds is 9. The Kier molecular flexibility index (Phi) is 9.14. The van der Waals surface area contributed by atoms with Crippen LogP contribution in [-0.4, -0.2) is 73.4 Å². The average Bonchev–Trinajstić information content (AvgIpc) is 3.83. The molecule has 0 aromatic heterocycles. The third kappa shape index (κ3) is 7.17. The van der Waals surface area contributed by atoms with Crippen molar-refractivity contribution in [1.29, 1.82) is 0 Å². The van der Waals surface area contributed by atoms with Crippen molar-refractivity contribution in [2.75, 3.05) is 33.4 Å². The van der Waals surface area contributed by atoms with Crippen LogP contribution in [0, 0.1) is 17.3 Å². The molecule has 5 atom stereocenters. The van der Waals surface area contributed by atoms with Gasteiger partial charge in [-0.2, -0.15) is 10.2 Å². The van der Waals surface area contributed by atoms with E-state index in [1.807, 2.05) is 6.07 Å². The third-order valence-corrected chi connectivity index (χ3v) is 8.86. The number of hydrogen-bond donors (Lipinski definition) is 2. The van der Waals surface area contributed by atoms with Gasteiger partial charge < -0.3 is 24.8 Å². The number of β-amino-alcohol motifs (C(OH)–C–C–N with tert-alkyl or cyclic N) is 1. The van der Waals surface area contributed by atoms with Gasteiger partial charge in [-0.15, -0.1) is 0 Å². The number of allylic oxidation sites excluding steroid dienone is 2. The lowest BCUT2D eigenvalue weighted by atomic mass is 9.77. The van der Waals surface area contributed by atoms with Crippen LogP contribution in [0.25, 0.3) is 0 Å². The molecule has 9 nitrogen and oxygen atoms in total. The molecule has 1 aromatic carbocycles. The molecule has 5 rings (SSSR count). The zero-order valence-corrected chi connectivity index (χ0v) is 25.0. The van der Waals surface area contributed by atoms with E-state index >= 15 is 0 Å². The maximum absolute atomic E-state index is 14.0. The lowest BCUT2D eigenvalue weighted by Crippen LogP contribution is -2.50.